The van der Waals surface area contributed by atoms with Gasteiger partial charge >= 0.3 is 6.18 Å². The maximum absolute atomic E-state index is 13.4. The molecule has 0 spiro atoms. The first-order valence-corrected chi connectivity index (χ1v) is 8.74. The van der Waals surface area contributed by atoms with Gasteiger partial charge in [-0.1, -0.05) is 0 Å². The minimum atomic E-state index is -4.55. The zero-order valence-electron chi connectivity index (χ0n) is 15.3. The Morgan fingerprint density at radius 1 is 1.28 bits per heavy atom. The molecule has 8 nitrogen and oxygen atoms in total. The van der Waals surface area contributed by atoms with E-state index in [1.54, 1.807) is 12.1 Å². The predicted molar refractivity (Wildman–Crippen MR) is 98.8 cm³/mol. The number of anilines is 3. The molecule has 153 valence electrons. The van der Waals surface area contributed by atoms with E-state index in [0.717, 1.165) is 6.20 Å². The standard InChI is InChI=1S/C18H17F3N5O3/c1-27-6-5-22-15-13-10(18(19,20)21)9-23-16(13)26-17(25-15)24-11-3-2-4-12-14(11)29-8-7-28-12/h2-3,9H,5-8H2,1H3,(H3,22,23,24,25,26). The van der Waals surface area contributed by atoms with E-state index in [2.05, 4.69) is 31.7 Å². The third kappa shape index (κ3) is 3.86. The molecule has 2 aromatic heterocycles. The first-order valence-electron chi connectivity index (χ1n) is 8.74. The Kier molecular flexibility index (Phi) is 5.05. The molecule has 0 fully saturated rings. The summed E-state index contributed by atoms with van der Waals surface area (Å²) in [7, 11) is 1.50. The van der Waals surface area contributed by atoms with Crippen molar-refractivity contribution in [2.75, 3.05) is 44.1 Å². The summed E-state index contributed by atoms with van der Waals surface area (Å²) >= 11 is 0. The number of benzene rings is 1. The van der Waals surface area contributed by atoms with Crippen LogP contribution >= 0.6 is 0 Å². The average Bonchev–Trinajstić information content (AvgIpc) is 3.13. The van der Waals surface area contributed by atoms with Crippen molar-refractivity contribution in [3.8, 4) is 11.5 Å². The third-order valence-corrected chi connectivity index (χ3v) is 4.17. The Labute approximate surface area is 163 Å². The highest BCUT2D eigenvalue weighted by Crippen LogP contribution is 2.40. The number of rotatable bonds is 6. The number of aromatic nitrogens is 3. The molecule has 1 aromatic carbocycles. The number of nitrogens with zero attached hydrogens (tertiary/aromatic N) is 2. The monoisotopic (exact) mass is 408 g/mol. The number of halogens is 3. The molecule has 3 aromatic rings. The molecule has 0 saturated carbocycles. The van der Waals surface area contributed by atoms with Crippen LogP contribution in [-0.4, -0.2) is 48.4 Å². The van der Waals surface area contributed by atoms with Gasteiger partial charge in [-0.25, -0.2) is 0 Å². The van der Waals surface area contributed by atoms with Gasteiger partial charge in [-0.3, -0.25) is 0 Å². The Balaban J connectivity index is 1.74. The number of alkyl halides is 3. The average molecular weight is 408 g/mol. The highest BCUT2D eigenvalue weighted by Gasteiger charge is 2.35. The normalized spacial score (nSPS) is 13.5. The van der Waals surface area contributed by atoms with E-state index in [1.165, 1.54) is 7.11 Å². The molecule has 3 heterocycles. The lowest BCUT2D eigenvalue weighted by atomic mass is 10.2. The van der Waals surface area contributed by atoms with E-state index in [0.29, 0.717) is 37.0 Å². The fourth-order valence-corrected chi connectivity index (χ4v) is 2.93. The summed E-state index contributed by atoms with van der Waals surface area (Å²) in [4.78, 5) is 11.0. The summed E-state index contributed by atoms with van der Waals surface area (Å²) in [5, 5.41) is 5.72. The maximum atomic E-state index is 13.4. The van der Waals surface area contributed by atoms with Gasteiger partial charge in [0, 0.05) is 25.9 Å². The maximum Gasteiger partial charge on any atom is 0.418 e. The van der Waals surface area contributed by atoms with Gasteiger partial charge in [0.1, 0.15) is 24.7 Å². The topological polar surface area (TPSA) is 93.3 Å². The fourth-order valence-electron chi connectivity index (χ4n) is 2.93. The molecule has 1 radical (unpaired) electrons. The van der Waals surface area contributed by atoms with E-state index in [9.17, 15) is 13.2 Å². The lowest BCUT2D eigenvalue weighted by molar-refractivity contribution is -0.136. The molecule has 1 aliphatic rings. The molecule has 0 unspecified atom stereocenters. The van der Waals surface area contributed by atoms with Gasteiger partial charge < -0.3 is 29.8 Å². The van der Waals surface area contributed by atoms with Crippen molar-refractivity contribution in [2.45, 2.75) is 6.18 Å². The minimum absolute atomic E-state index is 0.0386. The van der Waals surface area contributed by atoms with Gasteiger partial charge in [0.15, 0.2) is 11.5 Å². The molecular weight excluding hydrogens is 391 g/mol. The summed E-state index contributed by atoms with van der Waals surface area (Å²) in [6.07, 6.45) is -3.67. The smallest absolute Gasteiger partial charge is 0.418 e. The predicted octanol–water partition coefficient (Wildman–Crippen LogP) is 3.35. The van der Waals surface area contributed by atoms with Gasteiger partial charge in [-0.05, 0) is 12.1 Å². The van der Waals surface area contributed by atoms with Crippen LogP contribution in [0.5, 0.6) is 11.5 Å². The van der Waals surface area contributed by atoms with Crippen molar-refractivity contribution in [2.24, 2.45) is 0 Å². The number of aromatic amines is 1. The second kappa shape index (κ2) is 7.66. The Morgan fingerprint density at radius 2 is 2.10 bits per heavy atom. The van der Waals surface area contributed by atoms with Gasteiger partial charge in [-0.2, -0.15) is 23.1 Å². The van der Waals surface area contributed by atoms with Crippen LogP contribution in [-0.2, 0) is 10.9 Å². The summed E-state index contributed by atoms with van der Waals surface area (Å²) in [6.45, 7) is 1.35. The van der Waals surface area contributed by atoms with Crippen molar-refractivity contribution < 1.29 is 27.4 Å². The number of hydrogen-bond acceptors (Lipinski definition) is 7. The van der Waals surface area contributed by atoms with E-state index in [1.807, 2.05) is 0 Å². The quantitative estimate of drug-likeness (QED) is 0.539. The molecular formula is C18H17F3N5O3. The number of methoxy groups -OCH3 is 1. The molecule has 0 bridgehead atoms. The highest BCUT2D eigenvalue weighted by atomic mass is 19.4. The highest BCUT2D eigenvalue weighted by molar-refractivity contribution is 5.92. The number of H-pyrrole nitrogens is 1. The SMILES string of the molecule is COCCNc1nc(Nc2cc[c]c3c2OCCO3)nc2[nH]cc(C(F)(F)F)c12. The van der Waals surface area contributed by atoms with Gasteiger partial charge in [0.2, 0.25) is 5.95 Å². The summed E-state index contributed by atoms with van der Waals surface area (Å²) < 4.78 is 56.2. The number of fused-ring (bicyclic) bond motifs is 2. The second-order valence-corrected chi connectivity index (χ2v) is 6.11. The van der Waals surface area contributed by atoms with Crippen LogP contribution in [0.25, 0.3) is 11.0 Å². The van der Waals surface area contributed by atoms with Crippen molar-refractivity contribution in [1.82, 2.24) is 15.0 Å². The molecule has 0 amide bonds. The van der Waals surface area contributed by atoms with Crippen LogP contribution in [0.1, 0.15) is 5.56 Å². The number of ether oxygens (including phenoxy) is 3. The van der Waals surface area contributed by atoms with Crippen LogP contribution in [0.4, 0.5) is 30.6 Å². The van der Waals surface area contributed by atoms with Crippen LogP contribution in [0.3, 0.4) is 0 Å². The van der Waals surface area contributed by atoms with Crippen molar-refractivity contribution in [3.05, 3.63) is 30.0 Å². The molecule has 4 rings (SSSR count). The second-order valence-electron chi connectivity index (χ2n) is 6.11. The Hall–Kier alpha value is -3.21. The first-order chi connectivity index (χ1) is 14.0. The van der Waals surface area contributed by atoms with Crippen LogP contribution < -0.4 is 20.1 Å². The Morgan fingerprint density at radius 3 is 2.90 bits per heavy atom. The molecule has 3 N–H and O–H groups in total. The largest absolute Gasteiger partial charge is 0.485 e. The van der Waals surface area contributed by atoms with Crippen molar-refractivity contribution in [3.63, 3.8) is 0 Å². The van der Waals surface area contributed by atoms with Gasteiger partial charge in [0.05, 0.1) is 23.2 Å². The minimum Gasteiger partial charge on any atom is -0.485 e. The summed E-state index contributed by atoms with van der Waals surface area (Å²) in [5.74, 6) is 1.02. The lowest BCUT2D eigenvalue weighted by Crippen LogP contribution is -2.16. The summed E-state index contributed by atoms with van der Waals surface area (Å²) in [5.41, 5.74) is -0.283. The van der Waals surface area contributed by atoms with Crippen LogP contribution in [0.2, 0.25) is 0 Å². The molecule has 0 saturated heterocycles. The lowest BCUT2D eigenvalue weighted by Gasteiger charge is -2.21. The van der Waals surface area contributed by atoms with Crippen LogP contribution in [0.15, 0.2) is 18.3 Å². The van der Waals surface area contributed by atoms with Gasteiger partial charge in [0.25, 0.3) is 0 Å². The molecule has 0 atom stereocenters. The van der Waals surface area contributed by atoms with Crippen molar-refractivity contribution in [1.29, 1.82) is 0 Å². The van der Waals surface area contributed by atoms with E-state index < -0.39 is 11.7 Å². The zero-order chi connectivity index (χ0) is 20.4. The van der Waals surface area contributed by atoms with Crippen LogP contribution in [0, 0.1) is 6.07 Å². The number of nitrogens with one attached hydrogen (secondary N) is 3. The van der Waals surface area contributed by atoms with Gasteiger partial charge in [-0.15, -0.1) is 0 Å². The van der Waals surface area contributed by atoms with E-state index in [4.69, 9.17) is 14.2 Å². The molecule has 0 aliphatic carbocycles. The van der Waals surface area contributed by atoms with E-state index >= 15 is 0 Å². The third-order valence-electron chi connectivity index (χ3n) is 4.17. The fraction of sp³-hybridized carbons (Fsp3) is 0.333. The zero-order valence-corrected chi connectivity index (χ0v) is 15.3. The summed E-state index contributed by atoms with van der Waals surface area (Å²) in [6, 6.07) is 6.26. The first kappa shape index (κ1) is 19.1. The Bertz CT molecular complexity index is 1020. The molecule has 29 heavy (non-hydrogen) atoms. The van der Waals surface area contributed by atoms with Crippen molar-refractivity contribution >= 4 is 28.5 Å². The molecule has 1 aliphatic heterocycles. The van der Waals surface area contributed by atoms with E-state index in [-0.39, 0.29) is 29.3 Å². The molecule has 11 heteroatoms. The number of hydrogen-bond donors (Lipinski definition) is 3.